The maximum absolute atomic E-state index is 12.9. The van der Waals surface area contributed by atoms with Gasteiger partial charge in [-0.15, -0.1) is 0 Å². The predicted molar refractivity (Wildman–Crippen MR) is 130 cm³/mol. The number of carbonyl (C=O) groups is 2. The molecule has 9 heteroatoms. The molecule has 0 aliphatic heterocycles. The number of sulfonamides is 1. The molecule has 0 fully saturated rings. The van der Waals surface area contributed by atoms with E-state index in [9.17, 15) is 18.0 Å². The SMILES string of the molecule is CCOc1ccc(S(=O)(=O)N(C)c2ccc(OCC(=O)Nc3cccc(C(C)=O)c3)cc2)cc1. The van der Waals surface area contributed by atoms with Gasteiger partial charge < -0.3 is 14.8 Å². The van der Waals surface area contributed by atoms with Gasteiger partial charge in [-0.25, -0.2) is 8.42 Å². The number of benzene rings is 3. The summed E-state index contributed by atoms with van der Waals surface area (Å²) in [7, 11) is -2.30. The molecular weight excluding hydrogens is 456 g/mol. The summed E-state index contributed by atoms with van der Waals surface area (Å²) >= 11 is 0. The predicted octanol–water partition coefficient (Wildman–Crippen LogP) is 4.13. The molecule has 3 aromatic rings. The average Bonchev–Trinajstić information content (AvgIpc) is 2.83. The van der Waals surface area contributed by atoms with Crippen LogP contribution in [0.5, 0.6) is 11.5 Å². The minimum atomic E-state index is -3.76. The Hall–Kier alpha value is -3.85. The summed E-state index contributed by atoms with van der Waals surface area (Å²) in [5, 5.41) is 2.67. The molecule has 0 heterocycles. The summed E-state index contributed by atoms with van der Waals surface area (Å²) in [6, 6.07) is 19.2. The van der Waals surface area contributed by atoms with E-state index >= 15 is 0 Å². The van der Waals surface area contributed by atoms with Crippen LogP contribution in [0, 0.1) is 0 Å². The van der Waals surface area contributed by atoms with Crippen LogP contribution in [0.25, 0.3) is 0 Å². The lowest BCUT2D eigenvalue weighted by atomic mass is 10.1. The first-order valence-electron chi connectivity index (χ1n) is 10.6. The zero-order chi connectivity index (χ0) is 24.7. The van der Waals surface area contributed by atoms with Crippen molar-refractivity contribution in [3.63, 3.8) is 0 Å². The van der Waals surface area contributed by atoms with Crippen molar-refractivity contribution < 1.29 is 27.5 Å². The van der Waals surface area contributed by atoms with Gasteiger partial charge in [0.25, 0.3) is 15.9 Å². The van der Waals surface area contributed by atoms with E-state index in [-0.39, 0.29) is 23.2 Å². The molecule has 3 aromatic carbocycles. The van der Waals surface area contributed by atoms with E-state index in [4.69, 9.17) is 9.47 Å². The number of hydrogen-bond donors (Lipinski definition) is 1. The number of ketones is 1. The van der Waals surface area contributed by atoms with Crippen LogP contribution < -0.4 is 19.1 Å². The highest BCUT2D eigenvalue weighted by molar-refractivity contribution is 7.92. The number of nitrogens with one attached hydrogen (secondary N) is 1. The Kier molecular flexibility index (Phi) is 7.91. The number of rotatable bonds is 10. The van der Waals surface area contributed by atoms with Crippen molar-refractivity contribution in [1.29, 1.82) is 0 Å². The molecule has 0 saturated carbocycles. The van der Waals surface area contributed by atoms with Gasteiger partial charge in [-0.05, 0) is 74.5 Å². The van der Waals surface area contributed by atoms with Crippen molar-refractivity contribution in [1.82, 2.24) is 0 Å². The zero-order valence-corrected chi connectivity index (χ0v) is 20.0. The molecule has 1 amide bonds. The molecule has 3 rings (SSSR count). The lowest BCUT2D eigenvalue weighted by Gasteiger charge is -2.20. The number of amides is 1. The highest BCUT2D eigenvalue weighted by Gasteiger charge is 2.21. The first kappa shape index (κ1) is 24.8. The third-order valence-electron chi connectivity index (χ3n) is 4.92. The van der Waals surface area contributed by atoms with E-state index in [0.29, 0.717) is 35.0 Å². The molecule has 178 valence electrons. The number of ether oxygens (including phenoxy) is 2. The van der Waals surface area contributed by atoms with Gasteiger partial charge in [0.15, 0.2) is 12.4 Å². The Morgan fingerprint density at radius 2 is 1.53 bits per heavy atom. The van der Waals surface area contributed by atoms with E-state index in [1.165, 1.54) is 30.4 Å². The molecular formula is C25H26N2O6S. The monoisotopic (exact) mass is 482 g/mol. The topological polar surface area (TPSA) is 102 Å². The fourth-order valence-electron chi connectivity index (χ4n) is 3.09. The van der Waals surface area contributed by atoms with Gasteiger partial charge in [0, 0.05) is 18.3 Å². The van der Waals surface area contributed by atoms with Gasteiger partial charge in [-0.2, -0.15) is 0 Å². The fourth-order valence-corrected chi connectivity index (χ4v) is 4.28. The largest absolute Gasteiger partial charge is 0.494 e. The number of carbonyl (C=O) groups excluding carboxylic acids is 2. The molecule has 0 aromatic heterocycles. The lowest BCUT2D eigenvalue weighted by Crippen LogP contribution is -2.26. The fraction of sp³-hybridized carbons (Fsp3) is 0.200. The quantitative estimate of drug-likeness (QED) is 0.436. The maximum Gasteiger partial charge on any atom is 0.264 e. The third-order valence-corrected chi connectivity index (χ3v) is 6.72. The molecule has 0 radical (unpaired) electrons. The minimum absolute atomic E-state index is 0.0954. The van der Waals surface area contributed by atoms with Gasteiger partial charge >= 0.3 is 0 Å². The molecule has 0 bridgehead atoms. The van der Waals surface area contributed by atoms with E-state index < -0.39 is 10.0 Å². The van der Waals surface area contributed by atoms with Gasteiger partial charge in [0.05, 0.1) is 17.2 Å². The van der Waals surface area contributed by atoms with Crippen molar-refractivity contribution in [2.45, 2.75) is 18.7 Å². The second-order valence-corrected chi connectivity index (χ2v) is 9.31. The smallest absolute Gasteiger partial charge is 0.264 e. The summed E-state index contributed by atoms with van der Waals surface area (Å²) in [6.07, 6.45) is 0. The number of nitrogens with zero attached hydrogens (tertiary/aromatic N) is 1. The summed E-state index contributed by atoms with van der Waals surface area (Å²) < 4.78 is 37.9. The second kappa shape index (κ2) is 10.8. The molecule has 0 saturated heterocycles. The van der Waals surface area contributed by atoms with Gasteiger partial charge in [-0.1, -0.05) is 12.1 Å². The second-order valence-electron chi connectivity index (χ2n) is 7.34. The standard InChI is InChI=1S/C25H26N2O6S/c1-4-32-22-12-14-24(15-13-22)34(30,31)27(3)21-8-10-23(11-9-21)33-17-25(29)26-20-7-5-6-19(16-20)18(2)28/h5-16H,4,17H2,1-3H3,(H,26,29). The van der Waals surface area contributed by atoms with Crippen LogP contribution in [0.1, 0.15) is 24.2 Å². The summed E-state index contributed by atoms with van der Waals surface area (Å²) in [6.45, 7) is 3.56. The van der Waals surface area contributed by atoms with Gasteiger partial charge in [0.1, 0.15) is 11.5 Å². The molecule has 34 heavy (non-hydrogen) atoms. The van der Waals surface area contributed by atoms with E-state index in [1.807, 2.05) is 6.92 Å². The van der Waals surface area contributed by atoms with E-state index in [2.05, 4.69) is 5.32 Å². The van der Waals surface area contributed by atoms with Crippen LogP contribution in [0.3, 0.4) is 0 Å². The Morgan fingerprint density at radius 1 is 0.912 bits per heavy atom. The Morgan fingerprint density at radius 3 is 2.15 bits per heavy atom. The summed E-state index contributed by atoms with van der Waals surface area (Å²) in [5.74, 6) is 0.520. The van der Waals surface area contributed by atoms with Crippen LogP contribution >= 0.6 is 0 Å². The summed E-state index contributed by atoms with van der Waals surface area (Å²) in [5.41, 5.74) is 1.43. The number of hydrogen-bond acceptors (Lipinski definition) is 6. The number of Topliss-reactive ketones (excluding diaryl/α,β-unsaturated/α-hetero) is 1. The highest BCUT2D eigenvalue weighted by atomic mass is 32.2. The lowest BCUT2D eigenvalue weighted by molar-refractivity contribution is -0.118. The molecule has 0 aliphatic rings. The van der Waals surface area contributed by atoms with Gasteiger partial charge in [-0.3, -0.25) is 13.9 Å². The van der Waals surface area contributed by atoms with Crippen LogP contribution in [-0.4, -0.2) is 40.4 Å². The zero-order valence-electron chi connectivity index (χ0n) is 19.1. The van der Waals surface area contributed by atoms with Crippen molar-refractivity contribution in [2.75, 3.05) is 29.9 Å². The van der Waals surface area contributed by atoms with Crippen molar-refractivity contribution in [3.8, 4) is 11.5 Å². The van der Waals surface area contributed by atoms with Crippen LogP contribution in [0.4, 0.5) is 11.4 Å². The van der Waals surface area contributed by atoms with Crippen molar-refractivity contribution in [2.24, 2.45) is 0 Å². The normalized spacial score (nSPS) is 10.9. The van der Waals surface area contributed by atoms with Crippen LogP contribution in [-0.2, 0) is 14.8 Å². The molecule has 0 unspecified atom stereocenters. The van der Waals surface area contributed by atoms with Crippen LogP contribution in [0.2, 0.25) is 0 Å². The maximum atomic E-state index is 12.9. The van der Waals surface area contributed by atoms with E-state index in [0.717, 1.165) is 0 Å². The van der Waals surface area contributed by atoms with Crippen molar-refractivity contribution >= 4 is 33.1 Å². The Bertz CT molecular complexity index is 1260. The van der Waals surface area contributed by atoms with Crippen molar-refractivity contribution in [3.05, 3.63) is 78.4 Å². The molecule has 0 atom stereocenters. The van der Waals surface area contributed by atoms with E-state index in [1.54, 1.807) is 60.7 Å². The van der Waals surface area contributed by atoms with Crippen LogP contribution in [0.15, 0.2) is 77.7 Å². The molecule has 8 nitrogen and oxygen atoms in total. The van der Waals surface area contributed by atoms with Gasteiger partial charge in [0.2, 0.25) is 0 Å². The average molecular weight is 483 g/mol. The Labute approximate surface area is 199 Å². The molecule has 1 N–H and O–H groups in total. The summed E-state index contributed by atoms with van der Waals surface area (Å²) in [4.78, 5) is 23.8. The first-order chi connectivity index (χ1) is 16.2. The molecule has 0 spiro atoms. The third kappa shape index (κ3) is 6.14. The first-order valence-corrected chi connectivity index (χ1v) is 12.0. The minimum Gasteiger partial charge on any atom is -0.494 e. The Balaban J connectivity index is 1.60. The highest BCUT2D eigenvalue weighted by Crippen LogP contribution is 2.25. The molecule has 0 aliphatic carbocycles. The number of anilines is 2.